The second kappa shape index (κ2) is 39.9. The van der Waals surface area contributed by atoms with Crippen molar-refractivity contribution >= 4 is 70.2 Å². The SMILES string of the molecule is C.CN1Cc2c(Cl)cc(Cl)cc2C(c2cccc(CCCOCCOCCOCCN)c2)C1.CN1Cc2c(Cl)cc(Cl)cc2C(c2cccc(CCCOCCOCCOCCN=[N+]=[N-])c2)C1.c1ccc(P(c2ccccc2)c2ccccc2)cc1. The van der Waals surface area contributed by atoms with E-state index in [2.05, 4.69) is 186 Å². The third kappa shape index (κ3) is 23.5. The van der Waals surface area contributed by atoms with E-state index < -0.39 is 7.92 Å². The van der Waals surface area contributed by atoms with Crippen molar-refractivity contribution in [1.29, 1.82) is 0 Å². The molecule has 0 fully saturated rings. The molecule has 0 saturated heterocycles. The van der Waals surface area contributed by atoms with Gasteiger partial charge in [0.1, 0.15) is 0 Å². The molecule has 0 bridgehead atoms. The monoisotopic (exact) mass is 1260 g/mol. The summed E-state index contributed by atoms with van der Waals surface area (Å²) in [5, 5.41) is 10.5. The van der Waals surface area contributed by atoms with Crippen molar-refractivity contribution in [3.63, 3.8) is 0 Å². The van der Waals surface area contributed by atoms with Crippen molar-refractivity contribution in [2.45, 2.75) is 58.0 Å². The van der Waals surface area contributed by atoms with E-state index in [9.17, 15) is 0 Å². The number of ether oxygens (including phenoxy) is 6. The van der Waals surface area contributed by atoms with Crippen molar-refractivity contribution in [2.75, 3.05) is 120 Å². The number of hydrogen-bond donors (Lipinski definition) is 1. The summed E-state index contributed by atoms with van der Waals surface area (Å²) in [5.74, 6) is 0.517. The van der Waals surface area contributed by atoms with E-state index in [1.807, 2.05) is 12.1 Å². The van der Waals surface area contributed by atoms with Crippen molar-refractivity contribution in [3.8, 4) is 0 Å². The molecule has 17 heteroatoms. The number of hydrogen-bond acceptors (Lipinski definition) is 10. The molecule has 2 aliphatic heterocycles. The first-order valence-corrected chi connectivity index (χ1v) is 32.1. The van der Waals surface area contributed by atoms with E-state index in [1.165, 1.54) is 60.4 Å². The van der Waals surface area contributed by atoms with Crippen LogP contribution in [0.15, 0.2) is 169 Å². The number of rotatable bonds is 30. The van der Waals surface area contributed by atoms with Crippen LogP contribution in [0.1, 0.15) is 76.6 Å². The first-order chi connectivity index (χ1) is 41.6. The summed E-state index contributed by atoms with van der Waals surface area (Å²) < 4.78 is 32.9. The molecule has 0 aliphatic carbocycles. The number of nitrogens with two attached hydrogens (primary N) is 1. The standard InChI is InChI=1S/C25H32Cl2N4O3.C25H34Cl2N2O3.C18H15P.CH4/c1-31-17-23(22-15-21(26)16-25(27)24(22)18-31)20-6-2-4-19(14-20)5-3-8-32-10-12-34-13-11-33-9-7-29-30-28;1-29-17-23(22-15-21(26)16-25(27)24(22)18-29)20-6-2-4-19(14-20)5-3-8-30-10-12-32-13-11-31-9-7-28;1-4-10-16(11-5-1)19(17-12-6-2-7-13-17)18-14-8-3-9-15-18;/h2,4,6,14-16,23H,3,5,7-13,17-18H2,1H3;2,4,6,14-16,23H,3,5,7-13,17-18,28H2,1H3;1-15H;1H4. The normalized spacial score (nSPS) is 14.6. The fourth-order valence-corrected chi connectivity index (χ4v) is 13.9. The molecule has 0 radical (unpaired) electrons. The van der Waals surface area contributed by atoms with Gasteiger partial charge in [-0.2, -0.15) is 0 Å². The van der Waals surface area contributed by atoms with Gasteiger partial charge in [-0.1, -0.05) is 198 Å². The molecule has 0 aromatic heterocycles. The predicted molar refractivity (Wildman–Crippen MR) is 359 cm³/mol. The topological polar surface area (TPSA) is 137 Å². The van der Waals surface area contributed by atoms with E-state index >= 15 is 0 Å². The van der Waals surface area contributed by atoms with E-state index in [-0.39, 0.29) is 19.3 Å². The number of nitrogens with zero attached hydrogens (tertiary/aromatic N) is 5. The molecule has 0 saturated carbocycles. The van der Waals surface area contributed by atoms with E-state index in [4.69, 9.17) is 86.1 Å². The number of azide groups is 1. The summed E-state index contributed by atoms with van der Waals surface area (Å²) in [6.07, 6.45) is 3.86. The molecule has 2 heterocycles. The quantitative estimate of drug-likeness (QED) is 0.0153. The maximum absolute atomic E-state index is 8.17. The van der Waals surface area contributed by atoms with Crippen LogP contribution in [0, 0.1) is 0 Å². The maximum atomic E-state index is 8.17. The van der Waals surface area contributed by atoms with Gasteiger partial charge in [0.2, 0.25) is 0 Å². The van der Waals surface area contributed by atoms with Crippen LogP contribution in [0.3, 0.4) is 0 Å². The molecule has 9 rings (SSSR count). The third-order valence-electron chi connectivity index (χ3n) is 14.4. The molecule has 2 unspecified atom stereocenters. The van der Waals surface area contributed by atoms with Crippen LogP contribution < -0.4 is 21.6 Å². The van der Waals surface area contributed by atoms with Gasteiger partial charge in [-0.25, -0.2) is 0 Å². The average Bonchev–Trinajstić information content (AvgIpc) is 2.76. The molecule has 0 spiro atoms. The molecular weight excluding hydrogens is 1180 g/mol. The van der Waals surface area contributed by atoms with Crippen molar-refractivity contribution in [1.82, 2.24) is 9.80 Å². The van der Waals surface area contributed by atoms with Crippen molar-refractivity contribution in [2.24, 2.45) is 10.8 Å². The van der Waals surface area contributed by atoms with Crippen LogP contribution >= 0.6 is 54.3 Å². The highest BCUT2D eigenvalue weighted by Gasteiger charge is 2.29. The molecule has 2 aliphatic rings. The minimum atomic E-state index is -0.446. The van der Waals surface area contributed by atoms with Crippen molar-refractivity contribution in [3.05, 3.63) is 239 Å². The molecule has 12 nitrogen and oxygen atoms in total. The lowest BCUT2D eigenvalue weighted by Crippen LogP contribution is -2.31. The van der Waals surface area contributed by atoms with Crippen LogP contribution in [-0.4, -0.2) is 129 Å². The molecule has 460 valence electrons. The summed E-state index contributed by atoms with van der Waals surface area (Å²) in [6.45, 7) is 11.3. The number of benzene rings is 7. The third-order valence-corrected chi connectivity index (χ3v) is 17.9. The number of fused-ring (bicyclic) bond motifs is 2. The first-order valence-electron chi connectivity index (χ1n) is 29.2. The Bertz CT molecular complexity index is 3000. The minimum Gasteiger partial charge on any atom is -0.379 e. The maximum Gasteiger partial charge on any atom is 0.0701 e. The lowest BCUT2D eigenvalue weighted by molar-refractivity contribution is 0.0156. The highest BCUT2D eigenvalue weighted by Crippen LogP contribution is 2.40. The van der Waals surface area contributed by atoms with Gasteiger partial charge >= 0.3 is 0 Å². The largest absolute Gasteiger partial charge is 0.379 e. The summed E-state index contributed by atoms with van der Waals surface area (Å²) >= 11 is 25.7. The van der Waals surface area contributed by atoms with Gasteiger partial charge in [0, 0.05) is 89.3 Å². The number of halogens is 4. The van der Waals surface area contributed by atoms with Crippen LogP contribution in [0.2, 0.25) is 20.1 Å². The Kier molecular flexibility index (Phi) is 32.5. The van der Waals surface area contributed by atoms with Gasteiger partial charge in [-0.05, 0) is 138 Å². The molecular formula is C69H85Cl4N6O6P. The number of aryl methyl sites for hydroxylation is 2. The van der Waals surface area contributed by atoms with E-state index in [0.29, 0.717) is 95.8 Å². The first kappa shape index (κ1) is 70.2. The Labute approximate surface area is 532 Å². The zero-order valence-corrected chi connectivity index (χ0v) is 52.9. The minimum absolute atomic E-state index is 0. The second-order valence-electron chi connectivity index (χ2n) is 20.9. The Morgan fingerprint density at radius 2 is 0.860 bits per heavy atom. The zero-order chi connectivity index (χ0) is 59.9. The van der Waals surface area contributed by atoms with Gasteiger partial charge < -0.3 is 44.0 Å². The lowest BCUT2D eigenvalue weighted by Gasteiger charge is -2.33. The fourth-order valence-electron chi connectivity index (χ4n) is 10.4. The highest BCUT2D eigenvalue weighted by molar-refractivity contribution is 7.79. The zero-order valence-electron chi connectivity index (χ0n) is 49.0. The Hall–Kier alpha value is -4.92. The molecule has 7 aromatic carbocycles. The van der Waals surface area contributed by atoms with Gasteiger partial charge in [0.05, 0.1) is 66.1 Å². The molecule has 0 amide bonds. The Morgan fingerprint density at radius 1 is 0.488 bits per heavy atom. The summed E-state index contributed by atoms with van der Waals surface area (Å²) in [7, 11) is 3.82. The van der Waals surface area contributed by atoms with E-state index in [1.54, 1.807) is 0 Å². The van der Waals surface area contributed by atoms with Crippen LogP contribution in [-0.2, 0) is 54.4 Å². The van der Waals surface area contributed by atoms with Gasteiger partial charge in [0.25, 0.3) is 0 Å². The number of likely N-dealkylation sites (N-methyl/N-ethyl adjacent to an activating group) is 2. The summed E-state index contributed by atoms with van der Waals surface area (Å²) in [6, 6.07) is 57.8. The van der Waals surface area contributed by atoms with Crippen LogP contribution in [0.4, 0.5) is 0 Å². The average molecular weight is 1270 g/mol. The fraction of sp³-hybridized carbons (Fsp3) is 0.391. The van der Waals surface area contributed by atoms with Gasteiger partial charge in [0.15, 0.2) is 0 Å². The molecule has 7 aromatic rings. The Balaban J connectivity index is 0.000000213. The van der Waals surface area contributed by atoms with Crippen molar-refractivity contribution < 1.29 is 28.4 Å². The predicted octanol–water partition coefficient (Wildman–Crippen LogP) is 14.5. The molecule has 2 atom stereocenters. The second-order valence-corrected chi connectivity index (χ2v) is 24.8. The smallest absolute Gasteiger partial charge is 0.0701 e. The van der Waals surface area contributed by atoms with Crippen LogP contribution in [0.5, 0.6) is 0 Å². The van der Waals surface area contributed by atoms with E-state index in [0.717, 1.165) is 68.5 Å². The van der Waals surface area contributed by atoms with Gasteiger partial charge in [-0.3, -0.25) is 0 Å². The molecule has 2 N–H and O–H groups in total. The van der Waals surface area contributed by atoms with Gasteiger partial charge in [-0.15, -0.1) is 0 Å². The molecule has 86 heavy (non-hydrogen) atoms. The lowest BCUT2D eigenvalue weighted by atomic mass is 9.84. The highest BCUT2D eigenvalue weighted by atomic mass is 35.5. The summed E-state index contributed by atoms with van der Waals surface area (Å²) in [5.41, 5.74) is 23.6. The summed E-state index contributed by atoms with van der Waals surface area (Å²) in [4.78, 5) is 7.30. The Morgan fingerprint density at radius 3 is 1.24 bits per heavy atom. The van der Waals surface area contributed by atoms with Crippen LogP contribution in [0.25, 0.3) is 10.4 Å².